The van der Waals surface area contributed by atoms with Gasteiger partial charge < -0.3 is 5.32 Å². The number of halogens is 2. The van der Waals surface area contributed by atoms with Crippen molar-refractivity contribution in [3.8, 4) is 0 Å². The van der Waals surface area contributed by atoms with Gasteiger partial charge in [0.25, 0.3) is 0 Å². The predicted octanol–water partition coefficient (Wildman–Crippen LogP) is 2.06. The smallest absolute Gasteiger partial charge is 0.230 e. The zero-order valence-electron chi connectivity index (χ0n) is 12.0. The number of sulfone groups is 1. The van der Waals surface area contributed by atoms with E-state index in [0.29, 0.717) is 12.0 Å². The molecule has 1 aromatic carbocycles. The number of amides is 1. The normalized spacial score (nSPS) is 21.5. The number of thioether (sulfide) groups is 1. The Labute approximate surface area is 132 Å². The van der Waals surface area contributed by atoms with Crippen molar-refractivity contribution in [3.05, 3.63) is 35.4 Å². The lowest BCUT2D eigenvalue weighted by Crippen LogP contribution is -2.36. The molecule has 0 bridgehead atoms. The van der Waals surface area contributed by atoms with Crippen LogP contribution in [0.3, 0.4) is 0 Å². The zero-order valence-corrected chi connectivity index (χ0v) is 13.6. The van der Waals surface area contributed by atoms with Gasteiger partial charge in [0.15, 0.2) is 9.84 Å². The standard InChI is InChI=1S/C14H17F2NO3S2/c1-9(12-3-2-10(15)6-13(12)16)21-7-14(18)17-11-4-5-22(19,20)8-11/h2-3,6,9,11H,4-5,7-8H2,1H3,(H,17,18)/t9-,11-/m1/s1. The number of hydrogen-bond acceptors (Lipinski definition) is 4. The molecule has 0 aromatic heterocycles. The van der Waals surface area contributed by atoms with Gasteiger partial charge in [-0.05, 0) is 19.4 Å². The fraction of sp³-hybridized carbons (Fsp3) is 0.500. The van der Waals surface area contributed by atoms with Gasteiger partial charge in [-0.1, -0.05) is 6.07 Å². The third-order valence-electron chi connectivity index (χ3n) is 3.46. The molecule has 122 valence electrons. The molecule has 1 aliphatic heterocycles. The second-order valence-electron chi connectivity index (χ2n) is 5.29. The van der Waals surface area contributed by atoms with E-state index in [1.807, 2.05) is 0 Å². The predicted molar refractivity (Wildman–Crippen MR) is 82.4 cm³/mol. The van der Waals surface area contributed by atoms with Crippen LogP contribution >= 0.6 is 11.8 Å². The van der Waals surface area contributed by atoms with Gasteiger partial charge in [-0.3, -0.25) is 4.79 Å². The summed E-state index contributed by atoms with van der Waals surface area (Å²) in [5, 5.41) is 2.37. The molecule has 1 fully saturated rings. The lowest BCUT2D eigenvalue weighted by molar-refractivity contribution is -0.119. The van der Waals surface area contributed by atoms with Gasteiger partial charge in [-0.2, -0.15) is 0 Å². The quantitative estimate of drug-likeness (QED) is 0.884. The second-order valence-corrected chi connectivity index (χ2v) is 8.84. The number of benzene rings is 1. The zero-order chi connectivity index (χ0) is 16.3. The molecule has 1 aromatic rings. The van der Waals surface area contributed by atoms with E-state index in [4.69, 9.17) is 0 Å². The first-order valence-electron chi connectivity index (χ1n) is 6.83. The number of rotatable bonds is 5. The first-order chi connectivity index (χ1) is 10.3. The summed E-state index contributed by atoms with van der Waals surface area (Å²) in [6.45, 7) is 1.73. The Hall–Kier alpha value is -1.15. The molecule has 1 aliphatic rings. The highest BCUT2D eigenvalue weighted by molar-refractivity contribution is 8.00. The molecule has 1 amide bonds. The van der Waals surface area contributed by atoms with Gasteiger partial charge in [0.1, 0.15) is 11.6 Å². The third kappa shape index (κ3) is 4.67. The minimum Gasteiger partial charge on any atom is -0.352 e. The number of carbonyl (C=O) groups excluding carboxylic acids is 1. The summed E-state index contributed by atoms with van der Waals surface area (Å²) in [5.74, 6) is -1.38. The Morgan fingerprint density at radius 1 is 1.45 bits per heavy atom. The largest absolute Gasteiger partial charge is 0.352 e. The van der Waals surface area contributed by atoms with Crippen molar-refractivity contribution in [3.63, 3.8) is 0 Å². The van der Waals surface area contributed by atoms with Gasteiger partial charge in [0.2, 0.25) is 5.91 Å². The molecule has 2 rings (SSSR count). The lowest BCUT2D eigenvalue weighted by Gasteiger charge is -2.14. The van der Waals surface area contributed by atoms with E-state index in [1.165, 1.54) is 23.9 Å². The van der Waals surface area contributed by atoms with Crippen molar-refractivity contribution in [2.45, 2.75) is 24.6 Å². The van der Waals surface area contributed by atoms with E-state index in [1.54, 1.807) is 6.92 Å². The maximum atomic E-state index is 13.6. The fourth-order valence-electron chi connectivity index (χ4n) is 2.30. The summed E-state index contributed by atoms with van der Waals surface area (Å²) in [7, 11) is -3.03. The van der Waals surface area contributed by atoms with Gasteiger partial charge >= 0.3 is 0 Å². The van der Waals surface area contributed by atoms with Gasteiger partial charge in [-0.25, -0.2) is 17.2 Å². The Balaban J connectivity index is 1.83. The molecular formula is C14H17F2NO3S2. The van der Waals surface area contributed by atoms with E-state index in [9.17, 15) is 22.0 Å². The van der Waals surface area contributed by atoms with E-state index < -0.39 is 21.5 Å². The molecule has 0 unspecified atom stereocenters. The summed E-state index contributed by atoms with van der Waals surface area (Å²) >= 11 is 1.22. The molecule has 1 heterocycles. The Morgan fingerprint density at radius 3 is 2.77 bits per heavy atom. The first kappa shape index (κ1) is 17.2. The molecule has 8 heteroatoms. The molecule has 1 N–H and O–H groups in total. The van der Waals surface area contributed by atoms with Crippen LogP contribution < -0.4 is 5.32 Å². The molecular weight excluding hydrogens is 332 g/mol. The van der Waals surface area contributed by atoms with Gasteiger partial charge in [0, 0.05) is 22.9 Å². The van der Waals surface area contributed by atoms with Crippen LogP contribution in [0.25, 0.3) is 0 Å². The number of hydrogen-bond donors (Lipinski definition) is 1. The topological polar surface area (TPSA) is 63.2 Å². The lowest BCUT2D eigenvalue weighted by atomic mass is 10.1. The van der Waals surface area contributed by atoms with Crippen LogP contribution in [0.4, 0.5) is 8.78 Å². The Kier molecular flexibility index (Phi) is 5.44. The monoisotopic (exact) mass is 349 g/mol. The van der Waals surface area contributed by atoms with Crippen molar-refractivity contribution < 1.29 is 22.0 Å². The van der Waals surface area contributed by atoms with E-state index in [-0.39, 0.29) is 34.5 Å². The number of nitrogens with one attached hydrogen (secondary N) is 1. The summed E-state index contributed by atoms with van der Waals surface area (Å²) < 4.78 is 49.1. The average Bonchev–Trinajstić information content (AvgIpc) is 2.75. The van der Waals surface area contributed by atoms with Crippen molar-refractivity contribution in [1.82, 2.24) is 5.32 Å². The Morgan fingerprint density at radius 2 is 2.18 bits per heavy atom. The van der Waals surface area contributed by atoms with E-state index >= 15 is 0 Å². The molecule has 4 nitrogen and oxygen atoms in total. The van der Waals surface area contributed by atoms with Crippen molar-refractivity contribution in [2.75, 3.05) is 17.3 Å². The highest BCUT2D eigenvalue weighted by atomic mass is 32.2. The first-order valence-corrected chi connectivity index (χ1v) is 9.70. The van der Waals surface area contributed by atoms with Crippen LogP contribution in [0.15, 0.2) is 18.2 Å². The Bertz CT molecular complexity index is 664. The summed E-state index contributed by atoms with van der Waals surface area (Å²) in [6, 6.07) is 3.02. The van der Waals surface area contributed by atoms with Crippen LogP contribution in [0.2, 0.25) is 0 Å². The minimum atomic E-state index is -3.03. The third-order valence-corrected chi connectivity index (χ3v) is 6.41. The van der Waals surface area contributed by atoms with E-state index in [2.05, 4.69) is 5.32 Å². The maximum absolute atomic E-state index is 13.6. The molecule has 2 atom stereocenters. The van der Waals surface area contributed by atoms with Crippen LogP contribution in [0, 0.1) is 11.6 Å². The molecule has 0 spiro atoms. The highest BCUT2D eigenvalue weighted by Crippen LogP contribution is 2.30. The number of carbonyl (C=O) groups is 1. The maximum Gasteiger partial charge on any atom is 0.230 e. The van der Waals surface area contributed by atoms with Crippen LogP contribution in [-0.2, 0) is 14.6 Å². The fourth-order valence-corrected chi connectivity index (χ4v) is 4.83. The SMILES string of the molecule is C[C@@H](SCC(=O)N[C@@H]1CCS(=O)(=O)C1)c1ccc(F)cc1F. The summed E-state index contributed by atoms with van der Waals surface area (Å²) in [4.78, 5) is 11.8. The van der Waals surface area contributed by atoms with Gasteiger partial charge in [-0.15, -0.1) is 11.8 Å². The average molecular weight is 349 g/mol. The molecule has 0 radical (unpaired) electrons. The van der Waals surface area contributed by atoms with Crippen molar-refractivity contribution >= 4 is 27.5 Å². The minimum absolute atomic E-state index is 0.0223. The van der Waals surface area contributed by atoms with Crippen LogP contribution in [0.5, 0.6) is 0 Å². The molecule has 22 heavy (non-hydrogen) atoms. The van der Waals surface area contributed by atoms with E-state index in [0.717, 1.165) is 6.07 Å². The van der Waals surface area contributed by atoms with Crippen molar-refractivity contribution in [2.24, 2.45) is 0 Å². The van der Waals surface area contributed by atoms with Gasteiger partial charge in [0.05, 0.1) is 17.3 Å². The second kappa shape index (κ2) is 6.95. The van der Waals surface area contributed by atoms with Crippen LogP contribution in [-0.4, -0.2) is 37.6 Å². The summed E-state index contributed by atoms with van der Waals surface area (Å²) in [5.41, 5.74) is 0.336. The summed E-state index contributed by atoms with van der Waals surface area (Å²) in [6.07, 6.45) is 0.431. The molecule has 0 saturated carbocycles. The highest BCUT2D eigenvalue weighted by Gasteiger charge is 2.28. The molecule has 0 aliphatic carbocycles. The van der Waals surface area contributed by atoms with Crippen molar-refractivity contribution in [1.29, 1.82) is 0 Å². The molecule has 1 saturated heterocycles. The van der Waals surface area contributed by atoms with Crippen LogP contribution in [0.1, 0.15) is 24.2 Å².